The van der Waals surface area contributed by atoms with Gasteiger partial charge in [-0.3, -0.25) is 0 Å². The van der Waals surface area contributed by atoms with Crippen LogP contribution in [0.5, 0.6) is 0 Å². The van der Waals surface area contributed by atoms with E-state index in [0.29, 0.717) is 17.5 Å². The number of hydrogen-bond donors (Lipinski definition) is 0. The SMILES string of the molecule is CCCCc1ccc2c(c1)c1ccc3c(c4ccccc4n3-c3cccc4oc5cc(-c6nc(-c7ccccc7)nc(-c7ccccc7)n6)ccc5c34)c1n2-c1ccccc1. The van der Waals surface area contributed by atoms with E-state index in [0.717, 1.165) is 67.5 Å². The summed E-state index contributed by atoms with van der Waals surface area (Å²) in [5.41, 5.74) is 12.6. The van der Waals surface area contributed by atoms with Gasteiger partial charge in [0.05, 0.1) is 33.1 Å². The molecule has 61 heavy (non-hydrogen) atoms. The summed E-state index contributed by atoms with van der Waals surface area (Å²) in [6.07, 6.45) is 3.43. The lowest BCUT2D eigenvalue weighted by atomic mass is 10.0. The van der Waals surface area contributed by atoms with Crippen LogP contribution in [0.3, 0.4) is 0 Å². The van der Waals surface area contributed by atoms with Gasteiger partial charge < -0.3 is 13.6 Å². The molecule has 0 aliphatic carbocycles. The second-order valence-electron chi connectivity index (χ2n) is 15.8. The van der Waals surface area contributed by atoms with Gasteiger partial charge in [0.1, 0.15) is 11.2 Å². The van der Waals surface area contributed by atoms with Crippen LogP contribution in [0.2, 0.25) is 0 Å². The second-order valence-corrected chi connectivity index (χ2v) is 15.8. The Hall–Kier alpha value is -7.83. The summed E-state index contributed by atoms with van der Waals surface area (Å²) in [6.45, 7) is 2.26. The Balaban J connectivity index is 1.08. The minimum atomic E-state index is 0.591. The minimum Gasteiger partial charge on any atom is -0.456 e. The van der Waals surface area contributed by atoms with Gasteiger partial charge >= 0.3 is 0 Å². The van der Waals surface area contributed by atoms with Gasteiger partial charge in [0, 0.05) is 49.3 Å². The van der Waals surface area contributed by atoms with Crippen molar-refractivity contribution >= 4 is 65.6 Å². The van der Waals surface area contributed by atoms with E-state index >= 15 is 0 Å². The first-order chi connectivity index (χ1) is 30.2. The Bertz CT molecular complexity index is 3560. The van der Waals surface area contributed by atoms with Crippen molar-refractivity contribution in [2.45, 2.75) is 26.2 Å². The fraction of sp³-hybridized carbons (Fsp3) is 0.0727. The quantitative estimate of drug-likeness (QED) is 0.154. The molecule has 0 bridgehead atoms. The summed E-state index contributed by atoms with van der Waals surface area (Å²) in [5.74, 6) is 1.84. The van der Waals surface area contributed by atoms with Crippen LogP contribution in [-0.2, 0) is 6.42 Å². The fourth-order valence-electron chi connectivity index (χ4n) is 9.32. The minimum absolute atomic E-state index is 0.591. The Labute approximate surface area is 352 Å². The second kappa shape index (κ2) is 14.2. The molecular weight excluding hydrogens is 747 g/mol. The van der Waals surface area contributed by atoms with E-state index in [1.807, 2.05) is 60.7 Å². The topological polar surface area (TPSA) is 61.7 Å². The molecule has 12 aromatic rings. The van der Waals surface area contributed by atoms with Gasteiger partial charge in [0.25, 0.3) is 0 Å². The average molecular weight is 786 g/mol. The van der Waals surface area contributed by atoms with Gasteiger partial charge in [-0.2, -0.15) is 0 Å². The molecule has 0 unspecified atom stereocenters. The smallest absolute Gasteiger partial charge is 0.164 e. The van der Waals surface area contributed by atoms with Gasteiger partial charge in [-0.15, -0.1) is 0 Å². The first-order valence-electron chi connectivity index (χ1n) is 21.1. The van der Waals surface area contributed by atoms with Gasteiger partial charge in [-0.05, 0) is 79.1 Å². The van der Waals surface area contributed by atoms with Crippen LogP contribution >= 0.6 is 0 Å². The van der Waals surface area contributed by atoms with Crippen molar-refractivity contribution in [3.05, 3.63) is 188 Å². The third-order valence-electron chi connectivity index (χ3n) is 12.1. The predicted octanol–water partition coefficient (Wildman–Crippen LogP) is 14.3. The molecular formula is C55H39N5O. The molecule has 4 heterocycles. The van der Waals surface area contributed by atoms with E-state index in [9.17, 15) is 0 Å². The number of aryl methyl sites for hydroxylation is 1. The normalized spacial score (nSPS) is 11.9. The summed E-state index contributed by atoms with van der Waals surface area (Å²) >= 11 is 0. The highest BCUT2D eigenvalue weighted by Crippen LogP contribution is 2.44. The maximum atomic E-state index is 6.74. The summed E-state index contributed by atoms with van der Waals surface area (Å²) in [5, 5.41) is 7.07. The summed E-state index contributed by atoms with van der Waals surface area (Å²) in [4.78, 5) is 14.9. The van der Waals surface area contributed by atoms with Gasteiger partial charge in [0.2, 0.25) is 0 Å². The molecule has 0 saturated heterocycles. The molecule has 12 rings (SSSR count). The molecule has 0 spiro atoms. The molecule has 0 radical (unpaired) electrons. The van der Waals surface area contributed by atoms with Crippen LogP contribution in [0.15, 0.2) is 186 Å². The Morgan fingerprint density at radius 1 is 0.443 bits per heavy atom. The number of benzene rings is 8. The zero-order valence-corrected chi connectivity index (χ0v) is 33.6. The Morgan fingerprint density at radius 3 is 1.82 bits per heavy atom. The van der Waals surface area contributed by atoms with E-state index in [4.69, 9.17) is 19.4 Å². The van der Waals surface area contributed by atoms with Crippen molar-refractivity contribution < 1.29 is 4.42 Å². The number of furan rings is 1. The van der Waals surface area contributed by atoms with E-state index in [-0.39, 0.29) is 0 Å². The first-order valence-corrected chi connectivity index (χ1v) is 21.1. The third-order valence-corrected chi connectivity index (χ3v) is 12.1. The van der Waals surface area contributed by atoms with Crippen molar-refractivity contribution in [2.75, 3.05) is 0 Å². The third kappa shape index (κ3) is 5.67. The first kappa shape index (κ1) is 35.1. The van der Waals surface area contributed by atoms with E-state index in [1.165, 1.54) is 51.0 Å². The van der Waals surface area contributed by atoms with Crippen LogP contribution in [0.25, 0.3) is 111 Å². The zero-order valence-electron chi connectivity index (χ0n) is 33.6. The number of fused-ring (bicyclic) bond motifs is 10. The molecule has 0 atom stereocenters. The van der Waals surface area contributed by atoms with Crippen LogP contribution < -0.4 is 0 Å². The standard InChI is InChI=1S/C55H39N5O/c1-2-3-16-35-27-31-45-43(33-35)40-30-32-47-51(52(40)59(45)39-21-11-6-12-22-39)41-23-13-14-24-44(41)60(47)46-25-15-26-48-50(46)42-29-28-38(34-49(42)61-48)55-57-53(36-17-7-4-8-18-36)56-54(58-55)37-19-9-5-10-20-37/h4-15,17-34H,2-3,16H2,1H3. The molecule has 0 fully saturated rings. The largest absolute Gasteiger partial charge is 0.456 e. The van der Waals surface area contributed by atoms with Crippen LogP contribution in [0.1, 0.15) is 25.3 Å². The molecule has 0 N–H and O–H groups in total. The van der Waals surface area contributed by atoms with E-state index in [2.05, 4.69) is 137 Å². The van der Waals surface area contributed by atoms with Crippen LogP contribution in [0, 0.1) is 0 Å². The zero-order chi connectivity index (χ0) is 40.4. The lowest BCUT2D eigenvalue weighted by molar-refractivity contribution is 0.669. The average Bonchev–Trinajstić information content (AvgIpc) is 3.99. The lowest BCUT2D eigenvalue weighted by Gasteiger charge is -2.11. The number of hydrogen-bond acceptors (Lipinski definition) is 4. The number of nitrogens with zero attached hydrogens (tertiary/aromatic N) is 5. The number of aromatic nitrogens is 5. The van der Waals surface area contributed by atoms with Crippen molar-refractivity contribution in [2.24, 2.45) is 0 Å². The Kier molecular flexibility index (Phi) is 8.17. The van der Waals surface area contributed by atoms with Gasteiger partial charge in [0.15, 0.2) is 17.5 Å². The van der Waals surface area contributed by atoms with Crippen molar-refractivity contribution in [3.8, 4) is 45.5 Å². The van der Waals surface area contributed by atoms with Gasteiger partial charge in [-0.25, -0.2) is 15.0 Å². The van der Waals surface area contributed by atoms with Crippen LogP contribution in [0.4, 0.5) is 0 Å². The molecule has 0 amide bonds. The van der Waals surface area contributed by atoms with E-state index < -0.39 is 0 Å². The predicted molar refractivity (Wildman–Crippen MR) is 251 cm³/mol. The number of rotatable bonds is 8. The summed E-state index contributed by atoms with van der Waals surface area (Å²) in [7, 11) is 0. The molecule has 6 heteroatoms. The fourth-order valence-corrected chi connectivity index (χ4v) is 9.32. The maximum Gasteiger partial charge on any atom is 0.164 e. The van der Waals surface area contributed by atoms with Crippen LogP contribution in [-0.4, -0.2) is 24.1 Å². The monoisotopic (exact) mass is 785 g/mol. The van der Waals surface area contributed by atoms with Crippen molar-refractivity contribution in [1.82, 2.24) is 24.1 Å². The molecule has 290 valence electrons. The number of unbranched alkanes of at least 4 members (excludes halogenated alkanes) is 1. The highest BCUT2D eigenvalue weighted by atomic mass is 16.3. The maximum absolute atomic E-state index is 6.74. The molecule has 0 saturated carbocycles. The highest BCUT2D eigenvalue weighted by Gasteiger charge is 2.23. The molecule has 0 aliphatic heterocycles. The summed E-state index contributed by atoms with van der Waals surface area (Å²) < 4.78 is 11.6. The lowest BCUT2D eigenvalue weighted by Crippen LogP contribution is -2.00. The summed E-state index contributed by atoms with van der Waals surface area (Å²) in [6, 6.07) is 64.2. The highest BCUT2D eigenvalue weighted by molar-refractivity contribution is 6.27. The van der Waals surface area contributed by atoms with Crippen molar-refractivity contribution in [1.29, 1.82) is 0 Å². The molecule has 8 aromatic carbocycles. The van der Waals surface area contributed by atoms with Gasteiger partial charge in [-0.1, -0.05) is 135 Å². The number of para-hydroxylation sites is 2. The molecule has 6 nitrogen and oxygen atoms in total. The van der Waals surface area contributed by atoms with E-state index in [1.54, 1.807) is 0 Å². The molecule has 0 aliphatic rings. The molecule has 4 aromatic heterocycles. The Morgan fingerprint density at radius 2 is 1.08 bits per heavy atom. The van der Waals surface area contributed by atoms with Crippen molar-refractivity contribution in [3.63, 3.8) is 0 Å².